The van der Waals surface area contributed by atoms with Crippen molar-refractivity contribution in [2.75, 3.05) is 0 Å². The molecule has 3 aliphatic rings. The van der Waals surface area contributed by atoms with E-state index in [1.807, 2.05) is 6.07 Å². The second kappa shape index (κ2) is 9.02. The minimum atomic E-state index is -0.658. The van der Waals surface area contributed by atoms with Gasteiger partial charge in [0.05, 0.1) is 6.42 Å². The first-order chi connectivity index (χ1) is 13.9. The second-order valence-corrected chi connectivity index (χ2v) is 7.57. The van der Waals surface area contributed by atoms with E-state index >= 15 is 4.39 Å². The number of halogens is 3. The van der Waals surface area contributed by atoms with Crippen LogP contribution in [0.25, 0.3) is 11.1 Å². The van der Waals surface area contributed by atoms with Gasteiger partial charge in [-0.1, -0.05) is 57.0 Å². The van der Waals surface area contributed by atoms with Crippen LogP contribution in [0.15, 0.2) is 58.7 Å². The van der Waals surface area contributed by atoms with Crippen LogP contribution in [0, 0.1) is 18.7 Å². The maximum atomic E-state index is 15.2. The fraction of sp³-hybridized carbons (Fsp3) is 0.308. The summed E-state index contributed by atoms with van der Waals surface area (Å²) >= 11 is 0. The fourth-order valence-electron chi connectivity index (χ4n) is 3.74. The summed E-state index contributed by atoms with van der Waals surface area (Å²) in [6.07, 6.45) is 12.3. The lowest BCUT2D eigenvalue weighted by molar-refractivity contribution is 0.590. The molecule has 4 rings (SSSR count). The first kappa shape index (κ1) is 21.4. The number of hydrogen-bond donors (Lipinski definition) is 0. The number of fused-ring (bicyclic) bond motifs is 2. The number of rotatable bonds is 1. The molecule has 0 atom stereocenters. The van der Waals surface area contributed by atoms with Crippen LogP contribution in [0.2, 0.25) is 0 Å². The lowest BCUT2D eigenvalue weighted by atomic mass is 9.82. The SMILES string of the molecule is CCC.CCC1=C[CH]C2=c3cc/c(=C4\[CH]C(F)=C(C)C(F)=C4)c(F)c3CCC2=C1. The zero-order valence-electron chi connectivity index (χ0n) is 17.5. The topological polar surface area (TPSA) is 0 Å². The lowest BCUT2D eigenvalue weighted by Gasteiger charge is -2.23. The first-order valence-electron chi connectivity index (χ1n) is 10.3. The Morgan fingerprint density at radius 3 is 2.28 bits per heavy atom. The van der Waals surface area contributed by atoms with E-state index in [1.165, 1.54) is 37.0 Å². The van der Waals surface area contributed by atoms with Crippen molar-refractivity contribution in [2.45, 2.75) is 53.4 Å². The number of allylic oxidation sites excluding steroid dienone is 8. The van der Waals surface area contributed by atoms with Gasteiger partial charge in [0.1, 0.15) is 17.5 Å². The molecule has 0 bridgehead atoms. The van der Waals surface area contributed by atoms with Gasteiger partial charge in [-0.05, 0) is 59.8 Å². The Balaban J connectivity index is 0.000000755. The van der Waals surface area contributed by atoms with Gasteiger partial charge < -0.3 is 0 Å². The molecule has 0 aromatic heterocycles. The third-order valence-electron chi connectivity index (χ3n) is 5.35. The molecule has 0 saturated carbocycles. The molecule has 0 saturated heterocycles. The third-order valence-corrected chi connectivity index (χ3v) is 5.35. The van der Waals surface area contributed by atoms with Crippen molar-refractivity contribution in [1.82, 2.24) is 0 Å². The van der Waals surface area contributed by atoms with Crippen molar-refractivity contribution < 1.29 is 13.2 Å². The Bertz CT molecular complexity index is 1060. The van der Waals surface area contributed by atoms with Crippen LogP contribution in [-0.2, 0) is 6.42 Å². The predicted molar refractivity (Wildman–Crippen MR) is 115 cm³/mol. The second-order valence-electron chi connectivity index (χ2n) is 7.57. The molecule has 1 aromatic carbocycles. The van der Waals surface area contributed by atoms with Crippen LogP contribution in [0.1, 0.15) is 52.5 Å². The van der Waals surface area contributed by atoms with Gasteiger partial charge in [-0.3, -0.25) is 0 Å². The Labute approximate surface area is 171 Å². The Hall–Kier alpha value is -2.29. The molecular formula is C26H27F3. The van der Waals surface area contributed by atoms with Gasteiger partial charge in [-0.25, -0.2) is 13.2 Å². The highest BCUT2D eigenvalue weighted by atomic mass is 19.1. The molecule has 0 heterocycles. The lowest BCUT2D eigenvalue weighted by Crippen LogP contribution is -2.28. The summed E-state index contributed by atoms with van der Waals surface area (Å²) in [4.78, 5) is 0. The molecule has 0 unspecified atom stereocenters. The summed E-state index contributed by atoms with van der Waals surface area (Å²) in [7, 11) is 0. The quantitative estimate of drug-likeness (QED) is 0.524. The van der Waals surface area contributed by atoms with Crippen LogP contribution in [0.4, 0.5) is 13.2 Å². The van der Waals surface area contributed by atoms with E-state index in [2.05, 4.69) is 39.3 Å². The molecule has 0 N–H and O–H groups in total. The van der Waals surface area contributed by atoms with Crippen LogP contribution >= 0.6 is 0 Å². The van der Waals surface area contributed by atoms with Gasteiger partial charge in [-0.15, -0.1) is 0 Å². The van der Waals surface area contributed by atoms with E-state index in [4.69, 9.17) is 0 Å². The summed E-state index contributed by atoms with van der Waals surface area (Å²) in [5.41, 5.74) is 4.37. The molecule has 29 heavy (non-hydrogen) atoms. The summed E-state index contributed by atoms with van der Waals surface area (Å²) in [6, 6.07) is 3.49. The molecule has 0 spiro atoms. The summed E-state index contributed by atoms with van der Waals surface area (Å²) in [5, 5.41) is 1.12. The van der Waals surface area contributed by atoms with Crippen molar-refractivity contribution in [1.29, 1.82) is 0 Å². The molecule has 0 fully saturated rings. The summed E-state index contributed by atoms with van der Waals surface area (Å²) in [5.74, 6) is -1.69. The maximum absolute atomic E-state index is 15.2. The average molecular weight is 396 g/mol. The van der Waals surface area contributed by atoms with Gasteiger partial charge in [0.25, 0.3) is 0 Å². The molecule has 0 amide bonds. The van der Waals surface area contributed by atoms with E-state index in [0.29, 0.717) is 12.0 Å². The van der Waals surface area contributed by atoms with Crippen LogP contribution < -0.4 is 10.4 Å². The Morgan fingerprint density at radius 1 is 0.931 bits per heavy atom. The minimum absolute atomic E-state index is 0.0484. The molecule has 0 nitrogen and oxygen atoms in total. The zero-order chi connectivity index (χ0) is 21.1. The van der Waals surface area contributed by atoms with Gasteiger partial charge in [0.2, 0.25) is 0 Å². The normalized spacial score (nSPS) is 20.1. The largest absolute Gasteiger partial charge is 0.211 e. The van der Waals surface area contributed by atoms with Crippen LogP contribution in [0.5, 0.6) is 0 Å². The first-order valence-corrected chi connectivity index (χ1v) is 10.3. The summed E-state index contributed by atoms with van der Waals surface area (Å²) in [6.45, 7) is 7.74. The zero-order valence-corrected chi connectivity index (χ0v) is 17.5. The Morgan fingerprint density at radius 2 is 1.62 bits per heavy atom. The van der Waals surface area contributed by atoms with Gasteiger partial charge >= 0.3 is 0 Å². The molecule has 1 aromatic rings. The highest BCUT2D eigenvalue weighted by molar-refractivity contribution is 5.79. The van der Waals surface area contributed by atoms with Gasteiger partial charge in [-0.2, -0.15) is 0 Å². The Kier molecular flexibility index (Phi) is 6.66. The average Bonchev–Trinajstić information content (AvgIpc) is 2.72. The monoisotopic (exact) mass is 396 g/mol. The molecule has 2 radical (unpaired) electrons. The van der Waals surface area contributed by atoms with E-state index in [0.717, 1.165) is 23.6 Å². The highest BCUT2D eigenvalue weighted by Crippen LogP contribution is 2.32. The van der Waals surface area contributed by atoms with Crippen molar-refractivity contribution in [3.63, 3.8) is 0 Å². The van der Waals surface area contributed by atoms with E-state index in [9.17, 15) is 8.78 Å². The molecular weight excluding hydrogens is 369 g/mol. The third kappa shape index (κ3) is 4.19. The van der Waals surface area contributed by atoms with Crippen LogP contribution in [-0.4, -0.2) is 0 Å². The summed E-state index contributed by atoms with van der Waals surface area (Å²) < 4.78 is 43.0. The fourth-order valence-corrected chi connectivity index (χ4v) is 3.74. The van der Waals surface area contributed by atoms with Gasteiger partial charge in [0.15, 0.2) is 0 Å². The van der Waals surface area contributed by atoms with Gasteiger partial charge in [0, 0.05) is 17.2 Å². The van der Waals surface area contributed by atoms with Crippen molar-refractivity contribution in [2.24, 2.45) is 0 Å². The van der Waals surface area contributed by atoms with E-state index in [1.54, 1.807) is 6.07 Å². The van der Waals surface area contributed by atoms with Crippen molar-refractivity contribution in [3.8, 4) is 0 Å². The minimum Gasteiger partial charge on any atom is -0.211 e. The highest BCUT2D eigenvalue weighted by Gasteiger charge is 2.22. The van der Waals surface area contributed by atoms with Crippen molar-refractivity contribution in [3.05, 3.63) is 93.4 Å². The van der Waals surface area contributed by atoms with E-state index < -0.39 is 11.7 Å². The van der Waals surface area contributed by atoms with Crippen molar-refractivity contribution >= 4 is 11.1 Å². The van der Waals surface area contributed by atoms with Crippen LogP contribution in [0.3, 0.4) is 0 Å². The smallest absolute Gasteiger partial charge is 0.134 e. The standard InChI is InChI=1S/C23H19F3.C3H8/c1-3-14-4-6-17-15(10-14)5-7-20-19(17)9-8-18(23(20)26)16-11-21(24)13(2)22(25)12-16;1-3-2/h4,6,8-12H,3,5,7H2,1-2H3;3H2,1-2H3. The molecule has 3 aliphatic carbocycles. The molecule has 0 aliphatic heterocycles. The maximum Gasteiger partial charge on any atom is 0.134 e. The number of hydrogen-bond acceptors (Lipinski definition) is 0. The van der Waals surface area contributed by atoms with E-state index in [-0.39, 0.29) is 22.2 Å². The number of benzene rings is 1. The molecule has 152 valence electrons. The predicted octanol–water partition coefficient (Wildman–Crippen LogP) is 6.29. The molecule has 3 heteroatoms.